The molecule has 0 bridgehead atoms. The summed E-state index contributed by atoms with van der Waals surface area (Å²) in [7, 11) is -6.41. The number of rotatable bonds is 13. The van der Waals surface area contributed by atoms with E-state index in [-0.39, 0.29) is 32.5 Å². The van der Waals surface area contributed by atoms with Gasteiger partial charge in [0.15, 0.2) is 20.6 Å². The number of hydrogen-bond acceptors (Lipinski definition) is 11. The Morgan fingerprint density at radius 3 is 1.49 bits per heavy atom. The highest BCUT2D eigenvalue weighted by Gasteiger charge is 2.16. The minimum absolute atomic E-state index is 0.0285. The maximum atomic E-state index is 11.2. The fourth-order valence-electron chi connectivity index (χ4n) is 5.78. The summed E-state index contributed by atoms with van der Waals surface area (Å²) in [5.74, 6) is 1.64. The van der Waals surface area contributed by atoms with Crippen molar-refractivity contribution in [3.8, 4) is 5.88 Å². The second-order valence-corrected chi connectivity index (χ2v) is 24.2. The Balaban J connectivity index is 0.000000422. The summed E-state index contributed by atoms with van der Waals surface area (Å²) in [6.07, 6.45) is 12.9. The third kappa shape index (κ3) is 28.6. The fraction of sp³-hybridized carbons (Fsp3) is 0.531. The van der Waals surface area contributed by atoms with Gasteiger partial charge in [0.2, 0.25) is 15.9 Å². The lowest BCUT2D eigenvalue weighted by atomic mass is 9.88. The third-order valence-electron chi connectivity index (χ3n) is 7.94. The Labute approximate surface area is 380 Å². The van der Waals surface area contributed by atoms with E-state index in [2.05, 4.69) is 114 Å². The van der Waals surface area contributed by atoms with Gasteiger partial charge in [-0.05, 0) is 107 Å². The van der Waals surface area contributed by atoms with Crippen LogP contribution >= 0.6 is 0 Å². The lowest BCUT2D eigenvalue weighted by molar-refractivity contribution is 0.101. The van der Waals surface area contributed by atoms with Crippen molar-refractivity contribution >= 4 is 31.5 Å². The molecule has 350 valence electrons. The molecule has 0 saturated heterocycles. The van der Waals surface area contributed by atoms with E-state index in [1.165, 1.54) is 17.4 Å². The zero-order valence-corrected chi connectivity index (χ0v) is 42.5. The van der Waals surface area contributed by atoms with Crippen LogP contribution in [0.15, 0.2) is 90.7 Å². The van der Waals surface area contributed by atoms with E-state index in [4.69, 9.17) is 9.47 Å². The molecular formula is C49H75N5O7S2. The number of aromatic nitrogens is 4. The number of carbonyl (C=O) groups is 1. The molecule has 0 fully saturated rings. The highest BCUT2D eigenvalue weighted by molar-refractivity contribution is 7.92. The number of anilines is 1. The van der Waals surface area contributed by atoms with Crippen molar-refractivity contribution in [1.82, 2.24) is 19.9 Å². The molecule has 14 heteroatoms. The van der Waals surface area contributed by atoms with E-state index in [0.717, 1.165) is 43.1 Å². The second-order valence-electron chi connectivity index (χ2n) is 20.5. The van der Waals surface area contributed by atoms with Gasteiger partial charge in [0.05, 0.1) is 12.9 Å². The quantitative estimate of drug-likeness (QED) is 0.100. The van der Waals surface area contributed by atoms with Gasteiger partial charge in [-0.3, -0.25) is 14.5 Å². The number of sulfonamides is 1. The molecule has 0 radical (unpaired) electrons. The Kier molecular flexibility index (Phi) is 21.8. The molecule has 0 atom stereocenters. The Hall–Kier alpha value is -4.69. The molecule has 4 heterocycles. The van der Waals surface area contributed by atoms with Gasteiger partial charge in [0.1, 0.15) is 23.9 Å². The second kappa shape index (κ2) is 24.4. The van der Waals surface area contributed by atoms with E-state index >= 15 is 0 Å². The van der Waals surface area contributed by atoms with E-state index < -0.39 is 19.9 Å². The van der Waals surface area contributed by atoms with Crippen LogP contribution in [0.5, 0.6) is 5.88 Å². The molecule has 0 spiro atoms. The fourth-order valence-corrected chi connectivity index (χ4v) is 6.84. The smallest absolute Gasteiger partial charge is 0.230 e. The summed E-state index contributed by atoms with van der Waals surface area (Å²) in [5, 5.41) is 0.139. The van der Waals surface area contributed by atoms with Gasteiger partial charge in [-0.15, -0.1) is 0 Å². The van der Waals surface area contributed by atoms with E-state index in [9.17, 15) is 21.6 Å². The first-order chi connectivity index (χ1) is 28.6. The van der Waals surface area contributed by atoms with Gasteiger partial charge in [0.25, 0.3) is 0 Å². The van der Waals surface area contributed by atoms with Crippen molar-refractivity contribution < 1.29 is 31.1 Å². The minimum Gasteiger partial charge on any atom is -0.495 e. The van der Waals surface area contributed by atoms with Crippen LogP contribution in [-0.2, 0) is 50.3 Å². The first kappa shape index (κ1) is 56.3. The summed E-state index contributed by atoms with van der Waals surface area (Å²) < 4.78 is 57.4. The average Bonchev–Trinajstić information content (AvgIpc) is 3.09. The highest BCUT2D eigenvalue weighted by atomic mass is 32.2. The maximum Gasteiger partial charge on any atom is 0.230 e. The van der Waals surface area contributed by atoms with E-state index in [1.807, 2.05) is 43.3 Å². The van der Waals surface area contributed by atoms with Crippen molar-refractivity contribution in [2.45, 2.75) is 128 Å². The normalized spacial score (nSPS) is 11.9. The molecule has 12 nitrogen and oxygen atoms in total. The predicted octanol–water partition coefficient (Wildman–Crippen LogP) is 10.6. The summed E-state index contributed by atoms with van der Waals surface area (Å²) in [4.78, 5) is 27.3. The number of ketones is 1. The zero-order chi connectivity index (χ0) is 48.5. The number of pyridine rings is 4. The Bertz CT molecular complexity index is 2250. The highest BCUT2D eigenvalue weighted by Crippen LogP contribution is 2.24. The van der Waals surface area contributed by atoms with Crippen LogP contribution in [0.4, 0.5) is 5.82 Å². The Morgan fingerprint density at radius 1 is 0.635 bits per heavy atom. The summed E-state index contributed by atoms with van der Waals surface area (Å²) in [6, 6.07) is 14.8. The van der Waals surface area contributed by atoms with Crippen LogP contribution in [0.3, 0.4) is 0 Å². The number of carbonyl (C=O) groups excluding carboxylic acids is 1. The van der Waals surface area contributed by atoms with Gasteiger partial charge in [0, 0.05) is 44.0 Å². The monoisotopic (exact) mass is 910 g/mol. The van der Waals surface area contributed by atoms with E-state index in [1.54, 1.807) is 43.8 Å². The topological polar surface area (TPSA) is 167 Å². The van der Waals surface area contributed by atoms with Crippen LogP contribution < -0.4 is 9.46 Å². The number of hydrogen-bond donors (Lipinski definition) is 1. The molecule has 0 aromatic carbocycles. The number of ether oxygens (including phenoxy) is 2. The van der Waals surface area contributed by atoms with Crippen LogP contribution in [0, 0.1) is 21.7 Å². The minimum atomic E-state index is -3.24. The van der Waals surface area contributed by atoms with Crippen molar-refractivity contribution in [2.75, 3.05) is 30.4 Å². The maximum absolute atomic E-state index is 11.2. The molecule has 0 aliphatic carbocycles. The van der Waals surface area contributed by atoms with Crippen molar-refractivity contribution in [3.63, 3.8) is 0 Å². The molecule has 0 unspecified atom stereocenters. The molecule has 0 saturated carbocycles. The predicted molar refractivity (Wildman–Crippen MR) is 257 cm³/mol. The average molecular weight is 910 g/mol. The number of Topliss-reactive ketones (excluding diaryl/α,β-unsaturated/α-hetero) is 1. The van der Waals surface area contributed by atoms with Gasteiger partial charge in [-0.1, -0.05) is 102 Å². The summed E-state index contributed by atoms with van der Waals surface area (Å²) >= 11 is 0. The zero-order valence-electron chi connectivity index (χ0n) is 40.8. The summed E-state index contributed by atoms with van der Waals surface area (Å²) in [5.41, 5.74) is 6.03. The molecule has 63 heavy (non-hydrogen) atoms. The molecule has 4 aromatic rings. The van der Waals surface area contributed by atoms with Crippen molar-refractivity contribution in [3.05, 3.63) is 114 Å². The number of nitrogens with zero attached hydrogens (tertiary/aromatic N) is 4. The van der Waals surface area contributed by atoms with Crippen LogP contribution in [-0.4, -0.2) is 68.3 Å². The lowest BCUT2D eigenvalue weighted by Gasteiger charge is -2.18. The molecule has 0 amide bonds. The SMILES string of the molecule is C=C(COc1cc(CC(C)(C)C)ccn1)OCC.CC(=O)c1cc(CC(C)(C)C)ccn1.CC(C)(C)Cc1ccc(NS(C)(=O)=O)nc1.CC(C)(C)Cc1ccc(S(C)(=O)=O)nc1. The van der Waals surface area contributed by atoms with Gasteiger partial charge in [-0.25, -0.2) is 31.8 Å². The van der Waals surface area contributed by atoms with Crippen molar-refractivity contribution in [1.29, 1.82) is 0 Å². The van der Waals surface area contributed by atoms with Crippen LogP contribution in [0.25, 0.3) is 0 Å². The number of sulfone groups is 1. The molecule has 4 rings (SSSR count). The van der Waals surface area contributed by atoms with Crippen LogP contribution in [0.1, 0.15) is 130 Å². The standard InChI is InChI=1S/C15H23NO2.C12H17NO.C11H18N2O2S.C11H17NO2S/c1-6-17-12(2)11-18-14-9-13(7-8-16-14)10-15(3,4)5;1-9(14)11-7-10(5-6-13-11)8-12(2,3)4;1-11(2,3)7-9-5-6-10(12-8-9)13-16(4,14)15;1-11(2,3)7-9-5-6-10(12-8-9)15(4,13)14/h7-9H,2,6,10-11H2,1,3-5H3;5-7H,8H2,1-4H3;5-6,8H,7H2,1-4H3,(H,12,13);5-6,8H,7H2,1-4H3. The largest absolute Gasteiger partial charge is 0.495 e. The van der Waals surface area contributed by atoms with Gasteiger partial charge < -0.3 is 9.47 Å². The number of nitrogens with one attached hydrogen (secondary N) is 1. The van der Waals surface area contributed by atoms with Crippen LogP contribution in [0.2, 0.25) is 0 Å². The van der Waals surface area contributed by atoms with Gasteiger partial charge >= 0.3 is 0 Å². The van der Waals surface area contributed by atoms with Crippen molar-refractivity contribution in [2.24, 2.45) is 21.7 Å². The molecule has 0 aliphatic heterocycles. The molecule has 4 aromatic heterocycles. The molecule has 0 aliphatic rings. The first-order valence-electron chi connectivity index (χ1n) is 21.0. The summed E-state index contributed by atoms with van der Waals surface area (Å²) in [6.45, 7) is 34.2. The van der Waals surface area contributed by atoms with E-state index in [0.29, 0.717) is 36.4 Å². The first-order valence-corrected chi connectivity index (χ1v) is 24.8. The third-order valence-corrected chi connectivity index (χ3v) is 9.53. The molecule has 1 N–H and O–H groups in total. The Morgan fingerprint density at radius 2 is 1.10 bits per heavy atom. The van der Waals surface area contributed by atoms with Gasteiger partial charge in [-0.2, -0.15) is 0 Å². The molecular weight excluding hydrogens is 835 g/mol. The lowest BCUT2D eigenvalue weighted by Crippen LogP contribution is -2.12.